The summed E-state index contributed by atoms with van der Waals surface area (Å²) in [5.74, 6) is -2.90. The number of alkyl halides is 2. The highest BCUT2D eigenvalue weighted by Crippen LogP contribution is 2.35. The van der Waals surface area contributed by atoms with Gasteiger partial charge in [0.15, 0.2) is 0 Å². The molecule has 1 nitrogen and oxygen atoms in total. The highest BCUT2D eigenvalue weighted by molar-refractivity contribution is 5.74. The van der Waals surface area contributed by atoms with Crippen molar-refractivity contribution in [3.05, 3.63) is 137 Å². The van der Waals surface area contributed by atoms with E-state index in [1.54, 1.807) is 30.3 Å². The lowest BCUT2D eigenvalue weighted by Crippen LogP contribution is -2.21. The number of aryl methyl sites for hydroxylation is 1. The standard InChI is InChI=1S/C39H34F6O/c1-3-5-6-8-25-9-15-30(16-10-25)39(44,45)46-31-17-11-26(12-18-31)27-13-19-32(35(40)21-27)28-14-20-33(36(41)22-28)29-23-37(42)34(7-4-2)38(43)24-29/h9-24H,3-8H2,1-2H3. The van der Waals surface area contributed by atoms with Gasteiger partial charge in [0.2, 0.25) is 0 Å². The molecule has 5 rings (SSSR count). The highest BCUT2D eigenvalue weighted by atomic mass is 19.3. The van der Waals surface area contributed by atoms with Gasteiger partial charge in [-0.05, 0) is 95.6 Å². The maximum atomic E-state index is 15.3. The fourth-order valence-corrected chi connectivity index (χ4v) is 5.46. The molecule has 0 heterocycles. The number of ether oxygens (including phenoxy) is 1. The lowest BCUT2D eigenvalue weighted by atomic mass is 9.96. The lowest BCUT2D eigenvalue weighted by molar-refractivity contribution is -0.185. The van der Waals surface area contributed by atoms with Gasteiger partial charge in [-0.15, -0.1) is 0 Å². The fraction of sp³-hybridized carbons (Fsp3) is 0.231. The molecule has 238 valence electrons. The molecule has 0 unspecified atom stereocenters. The van der Waals surface area contributed by atoms with Gasteiger partial charge in [0, 0.05) is 16.7 Å². The maximum absolute atomic E-state index is 15.3. The van der Waals surface area contributed by atoms with E-state index in [-0.39, 0.29) is 45.6 Å². The van der Waals surface area contributed by atoms with E-state index in [2.05, 4.69) is 6.92 Å². The summed E-state index contributed by atoms with van der Waals surface area (Å²) in [6.07, 6.45) is 1.28. The number of hydrogen-bond acceptors (Lipinski definition) is 1. The zero-order chi connectivity index (χ0) is 32.8. The van der Waals surface area contributed by atoms with Crippen LogP contribution >= 0.6 is 0 Å². The smallest absolute Gasteiger partial charge is 0.426 e. The van der Waals surface area contributed by atoms with Crippen LogP contribution in [0, 0.1) is 23.3 Å². The van der Waals surface area contributed by atoms with Crippen molar-refractivity contribution in [1.82, 2.24) is 0 Å². The molecular weight excluding hydrogens is 598 g/mol. The zero-order valence-electron chi connectivity index (χ0n) is 25.7. The normalized spacial score (nSPS) is 11.6. The molecule has 5 aromatic carbocycles. The molecule has 0 amide bonds. The first kappa shape index (κ1) is 32.9. The van der Waals surface area contributed by atoms with E-state index in [1.807, 2.05) is 6.92 Å². The van der Waals surface area contributed by atoms with Crippen LogP contribution in [0.2, 0.25) is 0 Å². The van der Waals surface area contributed by atoms with Crippen molar-refractivity contribution in [3.8, 4) is 39.1 Å². The molecule has 0 aliphatic carbocycles. The van der Waals surface area contributed by atoms with E-state index in [1.165, 1.54) is 48.5 Å². The van der Waals surface area contributed by atoms with E-state index in [9.17, 15) is 17.6 Å². The fourth-order valence-electron chi connectivity index (χ4n) is 5.46. The van der Waals surface area contributed by atoms with Crippen molar-refractivity contribution in [2.45, 2.75) is 58.5 Å². The molecule has 0 fully saturated rings. The molecule has 0 radical (unpaired) electrons. The van der Waals surface area contributed by atoms with E-state index in [0.29, 0.717) is 17.5 Å². The first-order valence-corrected chi connectivity index (χ1v) is 15.4. The highest BCUT2D eigenvalue weighted by Gasteiger charge is 2.34. The summed E-state index contributed by atoms with van der Waals surface area (Å²) in [6.45, 7) is 3.92. The number of halogens is 6. The Morgan fingerprint density at radius 3 is 1.65 bits per heavy atom. The molecule has 46 heavy (non-hydrogen) atoms. The summed E-state index contributed by atoms with van der Waals surface area (Å²) in [5, 5.41) is 0. The van der Waals surface area contributed by atoms with Gasteiger partial charge in [-0.25, -0.2) is 17.6 Å². The Bertz CT molecular complexity index is 1770. The van der Waals surface area contributed by atoms with Crippen LogP contribution in [-0.4, -0.2) is 0 Å². The Morgan fingerprint density at radius 1 is 0.522 bits per heavy atom. The molecule has 0 bridgehead atoms. The van der Waals surface area contributed by atoms with E-state index in [0.717, 1.165) is 49.4 Å². The van der Waals surface area contributed by atoms with Crippen LogP contribution in [0.15, 0.2) is 97.1 Å². The van der Waals surface area contributed by atoms with Crippen LogP contribution in [0.1, 0.15) is 56.2 Å². The van der Waals surface area contributed by atoms with Gasteiger partial charge >= 0.3 is 6.11 Å². The van der Waals surface area contributed by atoms with E-state index < -0.39 is 29.4 Å². The lowest BCUT2D eigenvalue weighted by Gasteiger charge is -2.19. The molecule has 5 aromatic rings. The summed E-state index contributed by atoms with van der Waals surface area (Å²) in [4.78, 5) is 0. The van der Waals surface area contributed by atoms with Crippen molar-refractivity contribution in [2.75, 3.05) is 0 Å². The van der Waals surface area contributed by atoms with Crippen LogP contribution in [0.5, 0.6) is 5.75 Å². The minimum absolute atomic E-state index is 0.00561. The second kappa shape index (κ2) is 14.3. The third-order valence-electron chi connectivity index (χ3n) is 7.99. The second-order valence-electron chi connectivity index (χ2n) is 11.4. The molecule has 0 aliphatic rings. The summed E-state index contributed by atoms with van der Waals surface area (Å²) in [6, 6.07) is 22.6. The maximum Gasteiger partial charge on any atom is 0.426 e. The largest absolute Gasteiger partial charge is 0.429 e. The minimum Gasteiger partial charge on any atom is -0.429 e. The molecule has 0 aliphatic heterocycles. The second-order valence-corrected chi connectivity index (χ2v) is 11.4. The third kappa shape index (κ3) is 7.47. The van der Waals surface area contributed by atoms with Crippen LogP contribution < -0.4 is 4.74 Å². The van der Waals surface area contributed by atoms with Gasteiger partial charge in [-0.1, -0.05) is 81.6 Å². The first-order valence-electron chi connectivity index (χ1n) is 15.4. The zero-order valence-corrected chi connectivity index (χ0v) is 25.7. The summed E-state index contributed by atoms with van der Waals surface area (Å²) in [5.41, 5.74) is 2.17. The molecule has 0 saturated carbocycles. The third-order valence-corrected chi connectivity index (χ3v) is 7.99. The van der Waals surface area contributed by atoms with Crippen LogP contribution in [0.3, 0.4) is 0 Å². The van der Waals surface area contributed by atoms with Gasteiger partial charge in [0.25, 0.3) is 0 Å². The van der Waals surface area contributed by atoms with Crippen molar-refractivity contribution in [2.24, 2.45) is 0 Å². The van der Waals surface area contributed by atoms with Gasteiger partial charge in [0.05, 0.1) is 5.56 Å². The Labute approximate surface area is 265 Å². The molecule has 0 saturated heterocycles. The molecule has 0 aromatic heterocycles. The topological polar surface area (TPSA) is 9.23 Å². The van der Waals surface area contributed by atoms with Gasteiger partial charge < -0.3 is 4.74 Å². The molecule has 0 spiro atoms. The SMILES string of the molecule is CCCCCc1ccc(C(F)(F)Oc2ccc(-c3ccc(-c4ccc(-c5cc(F)c(CCC)c(F)c5)c(F)c4)c(F)c3)cc2)cc1. The Balaban J connectivity index is 1.29. The van der Waals surface area contributed by atoms with Gasteiger partial charge in [-0.2, -0.15) is 8.78 Å². The Kier molecular flexibility index (Phi) is 10.2. The summed E-state index contributed by atoms with van der Waals surface area (Å²) < 4.78 is 94.0. The predicted molar refractivity (Wildman–Crippen MR) is 171 cm³/mol. The Morgan fingerprint density at radius 2 is 1.07 bits per heavy atom. The number of hydrogen-bond donors (Lipinski definition) is 0. The summed E-state index contributed by atoms with van der Waals surface area (Å²) in [7, 11) is 0. The monoisotopic (exact) mass is 632 g/mol. The van der Waals surface area contributed by atoms with E-state index >= 15 is 8.78 Å². The van der Waals surface area contributed by atoms with Crippen LogP contribution in [0.4, 0.5) is 26.3 Å². The first-order chi connectivity index (χ1) is 22.1. The molecule has 0 N–H and O–H groups in total. The minimum atomic E-state index is -3.54. The number of unbranched alkanes of at least 4 members (excludes halogenated alkanes) is 2. The van der Waals surface area contributed by atoms with E-state index in [4.69, 9.17) is 4.74 Å². The quantitative estimate of drug-likeness (QED) is 0.0982. The van der Waals surface area contributed by atoms with Gasteiger partial charge in [-0.3, -0.25) is 0 Å². The average molecular weight is 633 g/mol. The van der Waals surface area contributed by atoms with Crippen molar-refractivity contribution >= 4 is 0 Å². The molecule has 0 atom stereocenters. The van der Waals surface area contributed by atoms with Gasteiger partial charge in [0.1, 0.15) is 29.0 Å². The van der Waals surface area contributed by atoms with Crippen molar-refractivity contribution in [3.63, 3.8) is 0 Å². The van der Waals surface area contributed by atoms with Crippen molar-refractivity contribution in [1.29, 1.82) is 0 Å². The number of rotatable bonds is 12. The Hall–Kier alpha value is -4.52. The van der Waals surface area contributed by atoms with Crippen LogP contribution in [-0.2, 0) is 19.0 Å². The average Bonchev–Trinajstić information content (AvgIpc) is 3.03. The summed E-state index contributed by atoms with van der Waals surface area (Å²) >= 11 is 0. The van der Waals surface area contributed by atoms with Crippen molar-refractivity contribution < 1.29 is 31.1 Å². The molecule has 7 heteroatoms. The predicted octanol–water partition coefficient (Wildman–Crippen LogP) is 12.1. The molecular formula is C39H34F6O. The number of benzene rings is 5. The van der Waals surface area contributed by atoms with Crippen LogP contribution in [0.25, 0.3) is 33.4 Å².